The molecule has 244 valence electrons. The summed E-state index contributed by atoms with van der Waals surface area (Å²) in [5.41, 5.74) is 7.66. The Morgan fingerprint density at radius 1 is 0.152 bits per heavy atom. The Balaban J connectivity index is 0. The standard InChI is InChI=1S/3C12H10.5C2H6/c3*1-3-7-11(8-4-1)12-9-5-2-6-10-12;5*1-2/h3*1-10H;5*1-2H3. The zero-order chi connectivity index (χ0) is 34.7. The lowest BCUT2D eigenvalue weighted by Gasteiger charge is -1.98. The molecule has 0 fully saturated rings. The second kappa shape index (κ2) is 33.2. The van der Waals surface area contributed by atoms with Crippen LogP contribution in [0.4, 0.5) is 0 Å². The van der Waals surface area contributed by atoms with E-state index in [2.05, 4.69) is 146 Å². The van der Waals surface area contributed by atoms with Crippen molar-refractivity contribution in [2.45, 2.75) is 69.2 Å². The van der Waals surface area contributed by atoms with Crippen molar-refractivity contribution in [2.75, 3.05) is 0 Å². The highest BCUT2D eigenvalue weighted by molar-refractivity contribution is 5.64. The van der Waals surface area contributed by atoms with E-state index in [1.807, 2.05) is 106 Å². The van der Waals surface area contributed by atoms with Gasteiger partial charge in [0.25, 0.3) is 0 Å². The molecule has 6 aromatic carbocycles. The van der Waals surface area contributed by atoms with Crippen LogP contribution < -0.4 is 0 Å². The van der Waals surface area contributed by atoms with E-state index in [0.29, 0.717) is 0 Å². The molecule has 0 N–H and O–H groups in total. The van der Waals surface area contributed by atoms with Crippen LogP contribution in [-0.2, 0) is 0 Å². The Kier molecular flexibility index (Phi) is 31.4. The molecular weight excluding hydrogens is 553 g/mol. The van der Waals surface area contributed by atoms with Gasteiger partial charge in [0.2, 0.25) is 0 Å². The fraction of sp³-hybridized carbons (Fsp3) is 0.217. The largest absolute Gasteiger partial charge is 0.0683 e. The molecule has 0 nitrogen and oxygen atoms in total. The maximum Gasteiger partial charge on any atom is -0.0184 e. The van der Waals surface area contributed by atoms with Gasteiger partial charge in [-0.1, -0.05) is 251 Å². The van der Waals surface area contributed by atoms with Crippen molar-refractivity contribution in [3.63, 3.8) is 0 Å². The van der Waals surface area contributed by atoms with Crippen LogP contribution in [0.25, 0.3) is 33.4 Å². The Morgan fingerprint density at radius 2 is 0.239 bits per heavy atom. The fourth-order valence-corrected chi connectivity index (χ4v) is 3.78. The van der Waals surface area contributed by atoms with E-state index in [4.69, 9.17) is 0 Å². The summed E-state index contributed by atoms with van der Waals surface area (Å²) in [6, 6.07) is 62.3. The highest BCUT2D eigenvalue weighted by Gasteiger charge is 1.93. The zero-order valence-electron chi connectivity index (χ0n) is 30.3. The average molecular weight is 613 g/mol. The molecule has 0 heteroatoms. The van der Waals surface area contributed by atoms with Gasteiger partial charge in [-0.25, -0.2) is 0 Å². The number of hydrogen-bond donors (Lipinski definition) is 0. The predicted molar refractivity (Wildman–Crippen MR) is 212 cm³/mol. The topological polar surface area (TPSA) is 0 Å². The molecule has 46 heavy (non-hydrogen) atoms. The van der Waals surface area contributed by atoms with Crippen molar-refractivity contribution in [2.24, 2.45) is 0 Å². The Hall–Kier alpha value is -4.68. The summed E-state index contributed by atoms with van der Waals surface area (Å²) >= 11 is 0. The predicted octanol–water partition coefficient (Wildman–Crippen LogP) is 15.2. The summed E-state index contributed by atoms with van der Waals surface area (Å²) in [5, 5.41) is 0. The molecule has 0 aliphatic heterocycles. The van der Waals surface area contributed by atoms with Crippen LogP contribution >= 0.6 is 0 Å². The van der Waals surface area contributed by atoms with Crippen LogP contribution in [0.1, 0.15) is 69.2 Å². The van der Waals surface area contributed by atoms with Gasteiger partial charge in [0.05, 0.1) is 0 Å². The van der Waals surface area contributed by atoms with Gasteiger partial charge in [0.15, 0.2) is 0 Å². The van der Waals surface area contributed by atoms with Crippen LogP contribution in [0.2, 0.25) is 0 Å². The summed E-state index contributed by atoms with van der Waals surface area (Å²) in [6.07, 6.45) is 0. The molecule has 0 bridgehead atoms. The molecule has 6 rings (SSSR count). The first-order chi connectivity index (χ1) is 22.9. The first-order valence-corrected chi connectivity index (χ1v) is 17.2. The lowest BCUT2D eigenvalue weighted by Crippen LogP contribution is -1.73. The molecule has 0 aromatic heterocycles. The number of rotatable bonds is 3. The smallest absolute Gasteiger partial charge is 0.0184 e. The molecular formula is C46H60. The minimum Gasteiger partial charge on any atom is -0.0683 e. The van der Waals surface area contributed by atoms with Gasteiger partial charge in [-0.2, -0.15) is 0 Å². The van der Waals surface area contributed by atoms with Gasteiger partial charge in [-0.3, -0.25) is 0 Å². The van der Waals surface area contributed by atoms with Gasteiger partial charge in [-0.15, -0.1) is 0 Å². The van der Waals surface area contributed by atoms with Crippen molar-refractivity contribution in [3.05, 3.63) is 182 Å². The fourth-order valence-electron chi connectivity index (χ4n) is 3.78. The third-order valence-electron chi connectivity index (χ3n) is 5.64. The summed E-state index contributed by atoms with van der Waals surface area (Å²) in [4.78, 5) is 0. The monoisotopic (exact) mass is 612 g/mol. The summed E-state index contributed by atoms with van der Waals surface area (Å²) in [7, 11) is 0. The van der Waals surface area contributed by atoms with Gasteiger partial charge in [0, 0.05) is 0 Å². The second-order valence-corrected chi connectivity index (χ2v) is 8.20. The van der Waals surface area contributed by atoms with Crippen LogP contribution in [-0.4, -0.2) is 0 Å². The van der Waals surface area contributed by atoms with Crippen molar-refractivity contribution in [1.82, 2.24) is 0 Å². The third-order valence-corrected chi connectivity index (χ3v) is 5.64. The average Bonchev–Trinajstić information content (AvgIpc) is 3.21. The third kappa shape index (κ3) is 18.9. The lowest BCUT2D eigenvalue weighted by molar-refractivity contribution is 1.50. The summed E-state index contributed by atoms with van der Waals surface area (Å²) in [5.74, 6) is 0. The first-order valence-electron chi connectivity index (χ1n) is 17.2. The van der Waals surface area contributed by atoms with E-state index in [-0.39, 0.29) is 0 Å². The molecule has 0 atom stereocenters. The Bertz CT molecular complexity index is 1070. The van der Waals surface area contributed by atoms with Gasteiger partial charge in [-0.05, 0) is 33.4 Å². The van der Waals surface area contributed by atoms with E-state index in [0.717, 1.165) is 0 Å². The number of hydrogen-bond acceptors (Lipinski definition) is 0. The molecule has 0 unspecified atom stereocenters. The molecule has 0 saturated carbocycles. The molecule has 0 heterocycles. The van der Waals surface area contributed by atoms with Crippen LogP contribution in [0.15, 0.2) is 182 Å². The minimum absolute atomic E-state index is 1.28. The molecule has 0 saturated heterocycles. The lowest BCUT2D eigenvalue weighted by atomic mass is 10.1. The van der Waals surface area contributed by atoms with E-state index in [1.54, 1.807) is 0 Å². The van der Waals surface area contributed by atoms with Crippen molar-refractivity contribution in [3.8, 4) is 33.4 Å². The van der Waals surface area contributed by atoms with Crippen LogP contribution in [0.5, 0.6) is 0 Å². The quantitative estimate of drug-likeness (QED) is 0.186. The van der Waals surface area contributed by atoms with E-state index in [9.17, 15) is 0 Å². The second-order valence-electron chi connectivity index (χ2n) is 8.20. The summed E-state index contributed by atoms with van der Waals surface area (Å²) in [6.45, 7) is 20.0. The van der Waals surface area contributed by atoms with Gasteiger partial charge in [0.1, 0.15) is 0 Å². The number of benzene rings is 6. The van der Waals surface area contributed by atoms with Crippen molar-refractivity contribution < 1.29 is 0 Å². The Morgan fingerprint density at radius 3 is 0.326 bits per heavy atom. The maximum absolute atomic E-state index is 2.12. The highest BCUT2D eigenvalue weighted by atomic mass is 14.0. The van der Waals surface area contributed by atoms with Crippen LogP contribution in [0, 0.1) is 0 Å². The molecule has 0 radical (unpaired) electrons. The molecule has 6 aromatic rings. The molecule has 0 aliphatic rings. The molecule has 0 spiro atoms. The van der Waals surface area contributed by atoms with Crippen LogP contribution in [0.3, 0.4) is 0 Å². The highest BCUT2D eigenvalue weighted by Crippen LogP contribution is 2.19. The van der Waals surface area contributed by atoms with Gasteiger partial charge >= 0.3 is 0 Å². The van der Waals surface area contributed by atoms with E-state index < -0.39 is 0 Å². The van der Waals surface area contributed by atoms with Gasteiger partial charge < -0.3 is 0 Å². The summed E-state index contributed by atoms with van der Waals surface area (Å²) < 4.78 is 0. The zero-order valence-corrected chi connectivity index (χ0v) is 30.3. The van der Waals surface area contributed by atoms with Crippen molar-refractivity contribution >= 4 is 0 Å². The first kappa shape index (κ1) is 43.4. The van der Waals surface area contributed by atoms with E-state index >= 15 is 0 Å². The molecule has 0 aliphatic carbocycles. The van der Waals surface area contributed by atoms with E-state index in [1.165, 1.54) is 33.4 Å². The molecule has 0 amide bonds. The SMILES string of the molecule is CC.CC.CC.CC.CC.c1ccc(-c2ccccc2)cc1.c1ccc(-c2ccccc2)cc1.c1ccc(-c2ccccc2)cc1. The normalized spacial score (nSPS) is 8.22. The maximum atomic E-state index is 2.12. The minimum atomic E-state index is 1.28. The van der Waals surface area contributed by atoms with Crippen molar-refractivity contribution in [1.29, 1.82) is 0 Å². The Labute approximate surface area is 283 Å².